The van der Waals surface area contributed by atoms with Gasteiger partial charge in [0.15, 0.2) is 6.04 Å². The lowest BCUT2D eigenvalue weighted by atomic mass is 9.96. The highest BCUT2D eigenvalue weighted by atomic mass is 16.5. The molecule has 0 bridgehead atoms. The normalized spacial score (nSPS) is 20.5. The van der Waals surface area contributed by atoms with Crippen LogP contribution in [0.5, 0.6) is 0 Å². The van der Waals surface area contributed by atoms with Crippen molar-refractivity contribution in [2.45, 2.75) is 85.6 Å². The molecule has 1 amide bonds. The molecule has 5 heteroatoms. The number of aryl methyl sites for hydroxylation is 2. The zero-order valence-corrected chi connectivity index (χ0v) is 23.8. The van der Waals surface area contributed by atoms with Gasteiger partial charge in [0.2, 0.25) is 0 Å². The van der Waals surface area contributed by atoms with Crippen LogP contribution in [0.2, 0.25) is 0 Å². The second-order valence-electron chi connectivity index (χ2n) is 11.4. The number of nitrogens with zero attached hydrogens (tertiary/aromatic N) is 1. The van der Waals surface area contributed by atoms with E-state index in [4.69, 9.17) is 4.74 Å². The maximum absolute atomic E-state index is 13.6. The Labute approximate surface area is 224 Å². The van der Waals surface area contributed by atoms with Gasteiger partial charge in [-0.2, -0.15) is 0 Å². The molecule has 2 aromatic rings. The van der Waals surface area contributed by atoms with E-state index in [9.17, 15) is 9.59 Å². The van der Waals surface area contributed by atoms with Gasteiger partial charge in [-0.25, -0.2) is 0 Å². The van der Waals surface area contributed by atoms with E-state index < -0.39 is 0 Å². The van der Waals surface area contributed by atoms with Crippen LogP contribution in [-0.2, 0) is 20.7 Å². The predicted octanol–water partition coefficient (Wildman–Crippen LogP) is 6.57. The third-order valence-corrected chi connectivity index (χ3v) is 7.95. The highest BCUT2D eigenvalue weighted by molar-refractivity contribution is 5.95. The number of amides is 1. The Morgan fingerprint density at radius 3 is 2.30 bits per heavy atom. The van der Waals surface area contributed by atoms with E-state index in [1.54, 1.807) is 0 Å². The lowest BCUT2D eigenvalue weighted by molar-refractivity contribution is -0.947. The monoisotopic (exact) mass is 507 g/mol. The van der Waals surface area contributed by atoms with Crippen molar-refractivity contribution in [3.8, 4) is 0 Å². The second kappa shape index (κ2) is 13.2. The molecule has 0 aromatic heterocycles. The van der Waals surface area contributed by atoms with Crippen LogP contribution in [0.4, 0.5) is 5.69 Å². The van der Waals surface area contributed by atoms with E-state index in [1.807, 2.05) is 51.1 Å². The average Bonchev–Trinajstić information content (AvgIpc) is 2.86. The van der Waals surface area contributed by atoms with Crippen molar-refractivity contribution in [2.75, 3.05) is 31.6 Å². The number of carbonyl (C=O) groups is 2. The fraction of sp³-hybridized carbons (Fsp3) is 0.562. The largest absolute Gasteiger partial charge is 0.459 e. The Morgan fingerprint density at radius 2 is 1.68 bits per heavy atom. The van der Waals surface area contributed by atoms with Gasteiger partial charge in [-0.05, 0) is 74.6 Å². The minimum absolute atomic E-state index is 0.0896. The number of esters is 1. The summed E-state index contributed by atoms with van der Waals surface area (Å²) in [7, 11) is 0. The number of hydrogen-bond donors (Lipinski definition) is 1. The molecule has 2 unspecified atom stereocenters. The Morgan fingerprint density at radius 1 is 1.00 bits per heavy atom. The van der Waals surface area contributed by atoms with Crippen molar-refractivity contribution in [3.63, 3.8) is 0 Å². The van der Waals surface area contributed by atoms with E-state index in [2.05, 4.69) is 38.2 Å². The summed E-state index contributed by atoms with van der Waals surface area (Å²) in [5, 5.41) is 3.25. The molecule has 0 spiro atoms. The zero-order chi connectivity index (χ0) is 27.0. The van der Waals surface area contributed by atoms with Crippen LogP contribution < -0.4 is 5.32 Å². The van der Waals surface area contributed by atoms with Crippen molar-refractivity contribution in [2.24, 2.45) is 5.92 Å². The van der Waals surface area contributed by atoms with E-state index in [-0.39, 0.29) is 23.8 Å². The molecule has 0 radical (unpaired) electrons. The number of para-hydroxylation sites is 1. The van der Waals surface area contributed by atoms with E-state index in [0.717, 1.165) is 67.6 Å². The molecule has 3 atom stereocenters. The quantitative estimate of drug-likeness (QED) is 0.277. The molecule has 202 valence electrons. The highest BCUT2D eigenvalue weighted by Gasteiger charge is 2.43. The van der Waals surface area contributed by atoms with E-state index in [0.29, 0.717) is 23.6 Å². The van der Waals surface area contributed by atoms with Crippen LogP contribution >= 0.6 is 0 Å². The third kappa shape index (κ3) is 7.44. The Kier molecular flexibility index (Phi) is 10.3. The van der Waals surface area contributed by atoms with Gasteiger partial charge in [-0.15, -0.1) is 0 Å². The first kappa shape index (κ1) is 28.9. The first-order valence-corrected chi connectivity index (χ1v) is 14.1. The van der Waals surface area contributed by atoms with Gasteiger partial charge in [-0.1, -0.05) is 63.2 Å². The number of hydrogen-bond acceptors (Lipinski definition) is 3. The molecule has 37 heavy (non-hydrogen) atoms. The van der Waals surface area contributed by atoms with Crippen LogP contribution in [-0.4, -0.2) is 48.6 Å². The molecule has 1 heterocycles. The summed E-state index contributed by atoms with van der Waals surface area (Å²) in [5.74, 6) is 0.192. The molecule has 1 aliphatic rings. The SMILES string of the molecule is CCC[N+]1(CCOC(=O)C(C)c2ccc(CC(C)C)cc2)CCCC[C@H]1C(=O)Nc1c(C)cccc1C. The average molecular weight is 508 g/mol. The van der Waals surface area contributed by atoms with Crippen LogP contribution in [0.25, 0.3) is 0 Å². The molecule has 1 aliphatic heterocycles. The summed E-state index contributed by atoms with van der Waals surface area (Å²) in [5.41, 5.74) is 5.36. The van der Waals surface area contributed by atoms with Crippen LogP contribution in [0, 0.1) is 19.8 Å². The number of nitrogens with one attached hydrogen (secondary N) is 1. The van der Waals surface area contributed by atoms with Gasteiger partial charge in [0, 0.05) is 12.1 Å². The third-order valence-electron chi connectivity index (χ3n) is 7.95. The number of likely N-dealkylation sites (tertiary alicyclic amines) is 1. The number of carbonyl (C=O) groups excluding carboxylic acids is 2. The van der Waals surface area contributed by atoms with E-state index in [1.165, 1.54) is 5.56 Å². The number of ether oxygens (including phenoxy) is 1. The molecule has 1 N–H and O–H groups in total. The van der Waals surface area contributed by atoms with Crippen molar-refractivity contribution in [1.82, 2.24) is 0 Å². The number of rotatable bonds is 11. The Bertz CT molecular complexity index is 1020. The minimum Gasteiger partial charge on any atom is -0.459 e. The molecular weight excluding hydrogens is 460 g/mol. The fourth-order valence-electron chi connectivity index (χ4n) is 5.89. The predicted molar refractivity (Wildman–Crippen MR) is 152 cm³/mol. The van der Waals surface area contributed by atoms with Crippen molar-refractivity contribution >= 4 is 17.6 Å². The first-order chi connectivity index (χ1) is 17.7. The Balaban J connectivity index is 1.66. The summed E-state index contributed by atoms with van der Waals surface area (Å²) >= 11 is 0. The number of anilines is 1. The summed E-state index contributed by atoms with van der Waals surface area (Å²) in [4.78, 5) is 26.5. The van der Waals surface area contributed by atoms with Crippen molar-refractivity contribution < 1.29 is 18.8 Å². The van der Waals surface area contributed by atoms with Gasteiger partial charge in [-0.3, -0.25) is 9.59 Å². The number of piperidine rings is 1. The maximum atomic E-state index is 13.6. The van der Waals surface area contributed by atoms with Gasteiger partial charge < -0.3 is 14.5 Å². The fourth-order valence-corrected chi connectivity index (χ4v) is 5.89. The lowest BCUT2D eigenvalue weighted by Crippen LogP contribution is -2.63. The number of benzene rings is 2. The summed E-state index contributed by atoms with van der Waals surface area (Å²) < 4.78 is 6.52. The second-order valence-corrected chi connectivity index (χ2v) is 11.4. The lowest BCUT2D eigenvalue weighted by Gasteiger charge is -2.46. The zero-order valence-electron chi connectivity index (χ0n) is 23.8. The smallest absolute Gasteiger partial charge is 0.313 e. The molecule has 5 nitrogen and oxygen atoms in total. The molecule has 1 saturated heterocycles. The maximum Gasteiger partial charge on any atom is 0.313 e. The summed E-state index contributed by atoms with van der Waals surface area (Å²) in [6, 6.07) is 14.3. The van der Waals surface area contributed by atoms with Gasteiger partial charge in [0.05, 0.1) is 19.0 Å². The standard InChI is InChI=1S/C32H46N2O3/c1-7-18-34(19-9-8-13-29(34)31(35)33-30-24(4)11-10-12-25(30)5)20-21-37-32(36)26(6)28-16-14-27(15-17-28)22-23(2)3/h10-12,14-17,23,26,29H,7-9,13,18-22H2,1-6H3/p+1/t26?,29-,34?/m0/s1. The molecule has 3 rings (SSSR count). The van der Waals surface area contributed by atoms with E-state index >= 15 is 0 Å². The molecule has 0 aliphatic carbocycles. The van der Waals surface area contributed by atoms with Crippen molar-refractivity contribution in [3.05, 3.63) is 64.7 Å². The first-order valence-electron chi connectivity index (χ1n) is 14.1. The Hall–Kier alpha value is -2.66. The van der Waals surface area contributed by atoms with Gasteiger partial charge >= 0.3 is 5.97 Å². The summed E-state index contributed by atoms with van der Waals surface area (Å²) in [6.07, 6.45) is 5.04. The van der Waals surface area contributed by atoms with Crippen molar-refractivity contribution in [1.29, 1.82) is 0 Å². The van der Waals surface area contributed by atoms with Crippen LogP contribution in [0.1, 0.15) is 81.5 Å². The van der Waals surface area contributed by atoms with Gasteiger partial charge in [0.1, 0.15) is 13.2 Å². The highest BCUT2D eigenvalue weighted by Crippen LogP contribution is 2.29. The molecule has 1 fully saturated rings. The molecule has 0 saturated carbocycles. The topological polar surface area (TPSA) is 55.4 Å². The molecule has 2 aromatic carbocycles. The number of quaternary nitrogens is 1. The van der Waals surface area contributed by atoms with Gasteiger partial charge in [0.25, 0.3) is 5.91 Å². The van der Waals surface area contributed by atoms with Crippen LogP contribution in [0.15, 0.2) is 42.5 Å². The molecular formula is C32H47N2O3+. The minimum atomic E-state index is -0.308. The van der Waals surface area contributed by atoms with Crippen LogP contribution in [0.3, 0.4) is 0 Å². The summed E-state index contributed by atoms with van der Waals surface area (Å²) in [6.45, 7) is 15.4.